The molecule has 0 radical (unpaired) electrons. The van der Waals surface area contributed by atoms with Gasteiger partial charge in [0.15, 0.2) is 0 Å². The van der Waals surface area contributed by atoms with E-state index in [1.54, 1.807) is 6.07 Å². The first-order chi connectivity index (χ1) is 7.31. The summed E-state index contributed by atoms with van der Waals surface area (Å²) in [7, 11) is 0. The zero-order valence-electron chi connectivity index (χ0n) is 10.00. The molecule has 0 amide bonds. The van der Waals surface area contributed by atoms with Gasteiger partial charge in [-0.1, -0.05) is 6.92 Å². The molecule has 3 nitrogen and oxygen atoms in total. The predicted molar refractivity (Wildman–Crippen MR) is 61.5 cm³/mol. The summed E-state index contributed by atoms with van der Waals surface area (Å²) in [5.41, 5.74) is 5.81. The van der Waals surface area contributed by atoms with E-state index in [2.05, 4.69) is 4.98 Å². The van der Waals surface area contributed by atoms with Crippen LogP contribution < -0.4 is 5.73 Å². The van der Waals surface area contributed by atoms with E-state index in [1.807, 2.05) is 20.8 Å². The second-order valence-electron chi connectivity index (χ2n) is 4.89. The summed E-state index contributed by atoms with van der Waals surface area (Å²) in [5, 5.41) is 9.12. The third-order valence-electron chi connectivity index (χ3n) is 3.33. The summed E-state index contributed by atoms with van der Waals surface area (Å²) < 4.78 is 12.8. The van der Waals surface area contributed by atoms with Crippen LogP contribution in [0.1, 0.15) is 32.9 Å². The van der Waals surface area contributed by atoms with Crippen LogP contribution in [-0.2, 0) is 5.41 Å². The average molecular weight is 226 g/mol. The Balaban J connectivity index is 3.16. The van der Waals surface area contributed by atoms with E-state index in [1.165, 1.54) is 12.3 Å². The molecule has 1 heterocycles. The van der Waals surface area contributed by atoms with Crippen LogP contribution in [0.15, 0.2) is 18.3 Å². The molecule has 1 unspecified atom stereocenters. The normalized spacial score (nSPS) is 15.9. The molecule has 0 saturated heterocycles. The van der Waals surface area contributed by atoms with E-state index >= 15 is 0 Å². The van der Waals surface area contributed by atoms with Crippen molar-refractivity contribution in [1.29, 1.82) is 0 Å². The quantitative estimate of drug-likeness (QED) is 0.819. The highest BCUT2D eigenvalue weighted by Gasteiger charge is 2.40. The maximum Gasteiger partial charge on any atom is 0.141 e. The van der Waals surface area contributed by atoms with Crippen LogP contribution in [0, 0.1) is 5.82 Å². The van der Waals surface area contributed by atoms with Crippen LogP contribution in [-0.4, -0.2) is 22.2 Å². The summed E-state index contributed by atoms with van der Waals surface area (Å²) in [5.74, 6) is -0.370. The van der Waals surface area contributed by atoms with E-state index in [9.17, 15) is 4.39 Å². The molecule has 1 aromatic heterocycles. The molecule has 4 heteroatoms. The average Bonchev–Trinajstić information content (AvgIpc) is 2.17. The summed E-state index contributed by atoms with van der Waals surface area (Å²) in [6.07, 6.45) is 1.67. The largest absolute Gasteiger partial charge is 0.396 e. The fourth-order valence-electron chi connectivity index (χ4n) is 1.71. The fraction of sp³-hybridized carbons (Fsp3) is 0.583. The van der Waals surface area contributed by atoms with Crippen molar-refractivity contribution < 1.29 is 9.50 Å². The van der Waals surface area contributed by atoms with Gasteiger partial charge in [-0.05, 0) is 32.4 Å². The molecule has 0 bridgehead atoms. The van der Waals surface area contributed by atoms with Crippen LogP contribution >= 0.6 is 0 Å². The van der Waals surface area contributed by atoms with Gasteiger partial charge in [0.05, 0.1) is 6.20 Å². The minimum atomic E-state index is -0.541. The van der Waals surface area contributed by atoms with Crippen molar-refractivity contribution in [1.82, 2.24) is 4.98 Å². The number of halogens is 1. The molecule has 1 rings (SSSR count). The number of aliphatic hydroxyl groups is 1. The van der Waals surface area contributed by atoms with Gasteiger partial charge >= 0.3 is 0 Å². The molecule has 0 aliphatic heterocycles. The first-order valence-electron chi connectivity index (χ1n) is 5.33. The third kappa shape index (κ3) is 2.39. The fourth-order valence-corrected chi connectivity index (χ4v) is 1.71. The monoisotopic (exact) mass is 226 g/mol. The smallest absolute Gasteiger partial charge is 0.141 e. The van der Waals surface area contributed by atoms with E-state index < -0.39 is 11.0 Å². The zero-order chi connectivity index (χ0) is 12.4. The van der Waals surface area contributed by atoms with Crippen molar-refractivity contribution in [2.75, 3.05) is 6.61 Å². The molecule has 0 fully saturated rings. The van der Waals surface area contributed by atoms with Crippen LogP contribution in [0.2, 0.25) is 0 Å². The number of nitrogens with zero attached hydrogens (tertiary/aromatic N) is 1. The Morgan fingerprint density at radius 1 is 1.38 bits per heavy atom. The minimum absolute atomic E-state index is 0.0240. The summed E-state index contributed by atoms with van der Waals surface area (Å²) >= 11 is 0. The van der Waals surface area contributed by atoms with Crippen molar-refractivity contribution in [2.24, 2.45) is 5.73 Å². The molecule has 0 aliphatic rings. The van der Waals surface area contributed by atoms with Crippen molar-refractivity contribution >= 4 is 0 Å². The SMILES string of the molecule is CC(C)(N)C(C)(CCO)c1ccc(F)cn1. The maximum absolute atomic E-state index is 12.8. The number of nitrogens with two attached hydrogens (primary N) is 1. The molecule has 16 heavy (non-hydrogen) atoms. The van der Waals surface area contributed by atoms with Crippen LogP contribution in [0.5, 0.6) is 0 Å². The number of aliphatic hydroxyl groups excluding tert-OH is 1. The van der Waals surface area contributed by atoms with Gasteiger partial charge in [-0.3, -0.25) is 4.98 Å². The molecule has 0 saturated carbocycles. The Hall–Kier alpha value is -1.00. The first-order valence-corrected chi connectivity index (χ1v) is 5.33. The van der Waals surface area contributed by atoms with Crippen molar-refractivity contribution in [2.45, 2.75) is 38.1 Å². The van der Waals surface area contributed by atoms with E-state index in [-0.39, 0.29) is 12.4 Å². The lowest BCUT2D eigenvalue weighted by Crippen LogP contribution is -2.53. The molecule has 1 aromatic rings. The highest BCUT2D eigenvalue weighted by Crippen LogP contribution is 2.35. The predicted octanol–water partition coefficient (Wildman–Crippen LogP) is 1.60. The van der Waals surface area contributed by atoms with Gasteiger partial charge in [0.25, 0.3) is 0 Å². The first kappa shape index (κ1) is 13.1. The second kappa shape index (κ2) is 4.47. The maximum atomic E-state index is 12.8. The Labute approximate surface area is 95.5 Å². The zero-order valence-corrected chi connectivity index (χ0v) is 10.00. The second-order valence-corrected chi connectivity index (χ2v) is 4.89. The molecule has 1 atom stereocenters. The Bertz CT molecular complexity index is 345. The third-order valence-corrected chi connectivity index (χ3v) is 3.33. The molecule has 0 spiro atoms. The standard InChI is InChI=1S/C12H19FN2O/c1-11(2,14)12(3,6-7-16)10-5-4-9(13)8-15-10/h4-5,8,16H,6-7,14H2,1-3H3. The van der Waals surface area contributed by atoms with Crippen LogP contribution in [0.25, 0.3) is 0 Å². The van der Waals surface area contributed by atoms with Crippen LogP contribution in [0.3, 0.4) is 0 Å². The number of hydrogen-bond donors (Lipinski definition) is 2. The number of hydrogen-bond acceptors (Lipinski definition) is 3. The van der Waals surface area contributed by atoms with Gasteiger partial charge in [0, 0.05) is 23.3 Å². The van der Waals surface area contributed by atoms with E-state index in [0.717, 1.165) is 0 Å². The lowest BCUT2D eigenvalue weighted by atomic mass is 9.69. The lowest BCUT2D eigenvalue weighted by Gasteiger charge is -2.41. The molecule has 0 aromatic carbocycles. The van der Waals surface area contributed by atoms with Gasteiger partial charge in [-0.25, -0.2) is 4.39 Å². The number of pyridine rings is 1. The highest BCUT2D eigenvalue weighted by molar-refractivity contribution is 5.22. The molecule has 3 N–H and O–H groups in total. The minimum Gasteiger partial charge on any atom is -0.396 e. The Kier molecular flexibility index (Phi) is 3.65. The number of rotatable bonds is 4. The van der Waals surface area contributed by atoms with Crippen LogP contribution in [0.4, 0.5) is 4.39 Å². The highest BCUT2D eigenvalue weighted by atomic mass is 19.1. The Morgan fingerprint density at radius 2 is 2.00 bits per heavy atom. The van der Waals surface area contributed by atoms with Gasteiger partial charge < -0.3 is 10.8 Å². The van der Waals surface area contributed by atoms with E-state index in [0.29, 0.717) is 12.1 Å². The summed E-state index contributed by atoms with van der Waals surface area (Å²) in [4.78, 5) is 4.07. The molecule has 0 aliphatic carbocycles. The van der Waals surface area contributed by atoms with Crippen molar-refractivity contribution in [3.05, 3.63) is 29.8 Å². The van der Waals surface area contributed by atoms with Gasteiger partial charge in [-0.2, -0.15) is 0 Å². The Morgan fingerprint density at radius 3 is 2.38 bits per heavy atom. The van der Waals surface area contributed by atoms with Gasteiger partial charge in [0.2, 0.25) is 0 Å². The topological polar surface area (TPSA) is 59.1 Å². The molecule has 90 valence electrons. The summed E-state index contributed by atoms with van der Waals surface area (Å²) in [6, 6.07) is 2.99. The van der Waals surface area contributed by atoms with Crippen molar-refractivity contribution in [3.8, 4) is 0 Å². The lowest BCUT2D eigenvalue weighted by molar-refractivity contribution is 0.186. The van der Waals surface area contributed by atoms with Gasteiger partial charge in [0.1, 0.15) is 5.82 Å². The number of aromatic nitrogens is 1. The summed E-state index contributed by atoms with van der Waals surface area (Å²) in [6.45, 7) is 5.72. The van der Waals surface area contributed by atoms with E-state index in [4.69, 9.17) is 10.8 Å². The van der Waals surface area contributed by atoms with Gasteiger partial charge in [-0.15, -0.1) is 0 Å². The molecular weight excluding hydrogens is 207 g/mol. The van der Waals surface area contributed by atoms with Crippen molar-refractivity contribution in [3.63, 3.8) is 0 Å². The molecular formula is C12H19FN2O.